The van der Waals surface area contributed by atoms with Crippen molar-refractivity contribution in [3.63, 3.8) is 0 Å². The highest BCUT2D eigenvalue weighted by Crippen LogP contribution is 2.23. The van der Waals surface area contributed by atoms with E-state index in [0.29, 0.717) is 5.95 Å². The van der Waals surface area contributed by atoms with E-state index in [1.54, 1.807) is 11.3 Å². The first-order chi connectivity index (χ1) is 10.3. The van der Waals surface area contributed by atoms with Crippen LogP contribution in [-0.2, 0) is 0 Å². The standard InChI is InChI=1S/C14H20N6S/c1-3-15-13-17-10-11(2)12(18-13)19-5-7-20(8-6-19)14-16-4-9-21-14/h4,9-10H,3,5-8H2,1-2H3,(H,15,17,18). The first-order valence-electron chi connectivity index (χ1n) is 7.25. The van der Waals surface area contributed by atoms with E-state index in [9.17, 15) is 0 Å². The van der Waals surface area contributed by atoms with Gasteiger partial charge in [-0.1, -0.05) is 0 Å². The van der Waals surface area contributed by atoms with Crippen LogP contribution in [0.4, 0.5) is 16.9 Å². The molecule has 1 N–H and O–H groups in total. The van der Waals surface area contributed by atoms with Crippen LogP contribution in [0.1, 0.15) is 12.5 Å². The fraction of sp³-hybridized carbons (Fsp3) is 0.500. The summed E-state index contributed by atoms with van der Waals surface area (Å²) in [5, 5.41) is 6.32. The van der Waals surface area contributed by atoms with Gasteiger partial charge >= 0.3 is 0 Å². The average Bonchev–Trinajstić information content (AvgIpc) is 3.04. The fourth-order valence-corrected chi connectivity index (χ4v) is 3.17. The van der Waals surface area contributed by atoms with Crippen molar-refractivity contribution in [3.05, 3.63) is 23.3 Å². The number of rotatable bonds is 4. The lowest BCUT2D eigenvalue weighted by atomic mass is 10.2. The summed E-state index contributed by atoms with van der Waals surface area (Å²) in [7, 11) is 0. The number of aromatic nitrogens is 3. The number of hydrogen-bond acceptors (Lipinski definition) is 7. The molecule has 1 aliphatic rings. The highest BCUT2D eigenvalue weighted by Gasteiger charge is 2.21. The molecule has 21 heavy (non-hydrogen) atoms. The summed E-state index contributed by atoms with van der Waals surface area (Å²) in [5.74, 6) is 1.75. The van der Waals surface area contributed by atoms with Gasteiger partial charge < -0.3 is 15.1 Å². The Balaban J connectivity index is 1.70. The molecular formula is C14H20N6S. The molecule has 2 aromatic heterocycles. The van der Waals surface area contributed by atoms with Crippen molar-refractivity contribution >= 4 is 28.2 Å². The highest BCUT2D eigenvalue weighted by atomic mass is 32.1. The molecule has 3 rings (SSSR count). The van der Waals surface area contributed by atoms with Gasteiger partial charge in [-0.15, -0.1) is 11.3 Å². The fourth-order valence-electron chi connectivity index (χ4n) is 2.48. The van der Waals surface area contributed by atoms with Crippen molar-refractivity contribution in [3.8, 4) is 0 Å². The molecule has 0 bridgehead atoms. The third-order valence-corrected chi connectivity index (χ3v) is 4.38. The lowest BCUT2D eigenvalue weighted by molar-refractivity contribution is 0.644. The zero-order chi connectivity index (χ0) is 14.7. The molecule has 1 aliphatic heterocycles. The van der Waals surface area contributed by atoms with Crippen molar-refractivity contribution in [2.45, 2.75) is 13.8 Å². The van der Waals surface area contributed by atoms with Crippen LogP contribution in [-0.4, -0.2) is 47.7 Å². The Morgan fingerprint density at radius 1 is 1.19 bits per heavy atom. The topological polar surface area (TPSA) is 57.2 Å². The molecule has 0 aromatic carbocycles. The number of anilines is 3. The van der Waals surface area contributed by atoms with Gasteiger partial charge in [0, 0.05) is 56.1 Å². The number of nitrogens with one attached hydrogen (secondary N) is 1. The zero-order valence-electron chi connectivity index (χ0n) is 12.4. The predicted molar refractivity (Wildman–Crippen MR) is 87.5 cm³/mol. The molecule has 112 valence electrons. The molecule has 2 aromatic rings. The van der Waals surface area contributed by atoms with Crippen LogP contribution in [0.5, 0.6) is 0 Å². The molecule has 0 aliphatic carbocycles. The second-order valence-corrected chi connectivity index (χ2v) is 5.89. The van der Waals surface area contributed by atoms with E-state index in [1.807, 2.05) is 17.8 Å². The normalized spacial score (nSPS) is 15.3. The Morgan fingerprint density at radius 3 is 2.62 bits per heavy atom. The van der Waals surface area contributed by atoms with Gasteiger partial charge in [-0.05, 0) is 13.8 Å². The summed E-state index contributed by atoms with van der Waals surface area (Å²) in [5.41, 5.74) is 1.12. The van der Waals surface area contributed by atoms with Crippen molar-refractivity contribution in [2.75, 3.05) is 47.8 Å². The monoisotopic (exact) mass is 304 g/mol. The van der Waals surface area contributed by atoms with Crippen molar-refractivity contribution in [1.29, 1.82) is 0 Å². The molecule has 7 heteroatoms. The summed E-state index contributed by atoms with van der Waals surface area (Å²) in [4.78, 5) is 18.0. The third-order valence-electron chi connectivity index (χ3n) is 3.55. The minimum Gasteiger partial charge on any atom is -0.354 e. The second-order valence-electron chi connectivity index (χ2n) is 5.02. The van der Waals surface area contributed by atoms with Gasteiger partial charge in [-0.2, -0.15) is 4.98 Å². The van der Waals surface area contributed by atoms with Gasteiger partial charge in [-0.3, -0.25) is 0 Å². The molecule has 0 amide bonds. The van der Waals surface area contributed by atoms with Crippen LogP contribution in [0.3, 0.4) is 0 Å². The highest BCUT2D eigenvalue weighted by molar-refractivity contribution is 7.13. The maximum atomic E-state index is 4.65. The second kappa shape index (κ2) is 6.26. The molecular weight excluding hydrogens is 284 g/mol. The van der Waals surface area contributed by atoms with Gasteiger partial charge in [0.2, 0.25) is 5.95 Å². The quantitative estimate of drug-likeness (QED) is 0.932. The minimum absolute atomic E-state index is 0.709. The van der Waals surface area contributed by atoms with E-state index in [0.717, 1.165) is 49.2 Å². The lowest BCUT2D eigenvalue weighted by Crippen LogP contribution is -2.47. The molecule has 6 nitrogen and oxygen atoms in total. The lowest BCUT2D eigenvalue weighted by Gasteiger charge is -2.35. The van der Waals surface area contributed by atoms with E-state index in [-0.39, 0.29) is 0 Å². The van der Waals surface area contributed by atoms with Crippen molar-refractivity contribution < 1.29 is 0 Å². The number of thiazole rings is 1. The largest absolute Gasteiger partial charge is 0.354 e. The van der Waals surface area contributed by atoms with Crippen molar-refractivity contribution in [1.82, 2.24) is 15.0 Å². The molecule has 1 saturated heterocycles. The van der Waals surface area contributed by atoms with Crippen LogP contribution in [0, 0.1) is 6.92 Å². The summed E-state index contributed by atoms with van der Waals surface area (Å²) in [6, 6.07) is 0. The van der Waals surface area contributed by atoms with E-state index in [4.69, 9.17) is 0 Å². The van der Waals surface area contributed by atoms with Crippen LogP contribution in [0.25, 0.3) is 0 Å². The van der Waals surface area contributed by atoms with Gasteiger partial charge in [0.25, 0.3) is 0 Å². The number of aryl methyl sites for hydroxylation is 1. The summed E-state index contributed by atoms with van der Waals surface area (Å²) in [6.45, 7) is 8.83. The van der Waals surface area contributed by atoms with Crippen LogP contribution in [0.15, 0.2) is 17.8 Å². The van der Waals surface area contributed by atoms with E-state index >= 15 is 0 Å². The predicted octanol–water partition coefficient (Wildman–Crippen LogP) is 2.00. The third kappa shape index (κ3) is 3.07. The molecule has 3 heterocycles. The van der Waals surface area contributed by atoms with Gasteiger partial charge in [0.05, 0.1) is 0 Å². The Hall–Kier alpha value is -1.89. The maximum absolute atomic E-state index is 4.65. The summed E-state index contributed by atoms with van der Waals surface area (Å²) >= 11 is 1.70. The van der Waals surface area contributed by atoms with Gasteiger partial charge in [0.1, 0.15) is 5.82 Å². The smallest absolute Gasteiger partial charge is 0.224 e. The Morgan fingerprint density at radius 2 is 1.95 bits per heavy atom. The Bertz CT molecular complexity index is 577. The van der Waals surface area contributed by atoms with E-state index in [1.165, 1.54) is 0 Å². The molecule has 0 radical (unpaired) electrons. The maximum Gasteiger partial charge on any atom is 0.224 e. The first kappa shape index (κ1) is 14.1. The van der Waals surface area contributed by atoms with Gasteiger partial charge in [0.15, 0.2) is 5.13 Å². The zero-order valence-corrected chi connectivity index (χ0v) is 13.2. The Kier molecular flexibility index (Phi) is 4.19. The molecule has 0 spiro atoms. The Labute approximate surface area is 128 Å². The SMILES string of the molecule is CCNc1ncc(C)c(N2CCN(c3nccs3)CC2)n1. The van der Waals surface area contributed by atoms with Crippen LogP contribution in [0.2, 0.25) is 0 Å². The molecule has 0 saturated carbocycles. The summed E-state index contributed by atoms with van der Waals surface area (Å²) in [6.07, 6.45) is 3.76. The van der Waals surface area contributed by atoms with Gasteiger partial charge in [-0.25, -0.2) is 9.97 Å². The van der Waals surface area contributed by atoms with Crippen LogP contribution >= 0.6 is 11.3 Å². The number of piperazine rings is 1. The molecule has 1 fully saturated rings. The summed E-state index contributed by atoms with van der Waals surface area (Å²) < 4.78 is 0. The van der Waals surface area contributed by atoms with Crippen LogP contribution < -0.4 is 15.1 Å². The first-order valence-corrected chi connectivity index (χ1v) is 8.13. The van der Waals surface area contributed by atoms with E-state index in [2.05, 4.69) is 43.9 Å². The molecule has 0 unspecified atom stereocenters. The number of nitrogens with zero attached hydrogens (tertiary/aromatic N) is 5. The van der Waals surface area contributed by atoms with E-state index < -0.39 is 0 Å². The molecule has 0 atom stereocenters. The average molecular weight is 304 g/mol. The van der Waals surface area contributed by atoms with Crippen molar-refractivity contribution in [2.24, 2.45) is 0 Å². The number of hydrogen-bond donors (Lipinski definition) is 1. The minimum atomic E-state index is 0.709.